The average Bonchev–Trinajstić information content (AvgIpc) is 3.01. The highest BCUT2D eigenvalue weighted by Crippen LogP contribution is 2.43. The van der Waals surface area contributed by atoms with Crippen molar-refractivity contribution in [3.63, 3.8) is 0 Å². The number of nitrogens with two attached hydrogens (primary N) is 1. The van der Waals surface area contributed by atoms with Gasteiger partial charge in [-0.15, -0.1) is 0 Å². The van der Waals surface area contributed by atoms with Crippen LogP contribution >= 0.6 is 0 Å². The van der Waals surface area contributed by atoms with Gasteiger partial charge in [0.15, 0.2) is 0 Å². The Morgan fingerprint density at radius 3 is 2.43 bits per heavy atom. The predicted octanol–water partition coefficient (Wildman–Crippen LogP) is 1.63. The second-order valence-corrected chi connectivity index (χ2v) is 7.49. The molecule has 5 nitrogen and oxygen atoms in total. The highest BCUT2D eigenvalue weighted by molar-refractivity contribution is 7.88. The van der Waals surface area contributed by atoms with E-state index in [0.717, 1.165) is 12.8 Å². The van der Waals surface area contributed by atoms with Gasteiger partial charge in [0.05, 0.1) is 5.75 Å². The average molecular weight is 306 g/mol. The largest absolute Gasteiger partial charge is 0.326 e. The third-order valence-electron chi connectivity index (χ3n) is 4.20. The molecule has 112 valence electrons. The zero-order valence-electron chi connectivity index (χ0n) is 11.5. The van der Waals surface area contributed by atoms with E-state index in [1.807, 2.05) is 0 Å². The van der Waals surface area contributed by atoms with Crippen molar-refractivity contribution in [1.29, 1.82) is 0 Å². The number of primary sulfonamides is 1. The predicted molar refractivity (Wildman–Crippen MR) is 80.7 cm³/mol. The van der Waals surface area contributed by atoms with Crippen molar-refractivity contribution in [2.75, 3.05) is 5.32 Å². The first-order valence-electron chi connectivity index (χ1n) is 6.99. The smallest absolute Gasteiger partial charge is 0.228 e. The van der Waals surface area contributed by atoms with E-state index in [1.165, 1.54) is 0 Å². The Bertz CT molecular complexity index is 679. The van der Waals surface area contributed by atoms with Crippen LogP contribution in [-0.4, -0.2) is 14.3 Å². The van der Waals surface area contributed by atoms with Gasteiger partial charge in [-0.3, -0.25) is 4.79 Å². The lowest BCUT2D eigenvalue weighted by molar-refractivity contribution is -0.120. The summed E-state index contributed by atoms with van der Waals surface area (Å²) in [6, 6.07) is 6.75. The van der Waals surface area contributed by atoms with Crippen LogP contribution in [0.2, 0.25) is 0 Å². The summed E-state index contributed by atoms with van der Waals surface area (Å²) in [5, 5.41) is 7.90. The number of nitrogens with one attached hydrogen (secondary N) is 1. The maximum atomic E-state index is 12.3. The van der Waals surface area contributed by atoms with Gasteiger partial charge in [0.25, 0.3) is 0 Å². The quantitative estimate of drug-likeness (QED) is 0.828. The first kappa shape index (κ1) is 14.3. The summed E-state index contributed by atoms with van der Waals surface area (Å²) < 4.78 is 22.0. The minimum Gasteiger partial charge on any atom is -0.326 e. The molecule has 21 heavy (non-hydrogen) atoms. The molecule has 0 saturated heterocycles. The lowest BCUT2D eigenvalue weighted by atomic mass is 9.93. The van der Waals surface area contributed by atoms with Crippen LogP contribution in [0.25, 0.3) is 0 Å². The molecular formula is C15H18N2O3S. The van der Waals surface area contributed by atoms with Crippen LogP contribution in [0.3, 0.4) is 0 Å². The van der Waals surface area contributed by atoms with E-state index in [1.54, 1.807) is 24.3 Å². The lowest BCUT2D eigenvalue weighted by Crippen LogP contribution is -2.25. The molecule has 1 amide bonds. The number of sulfonamides is 1. The maximum absolute atomic E-state index is 12.3. The molecule has 0 radical (unpaired) electrons. The number of benzene rings is 1. The summed E-state index contributed by atoms with van der Waals surface area (Å²) in [7, 11) is -3.53. The normalized spacial score (nSPS) is 27.0. The first-order valence-corrected chi connectivity index (χ1v) is 8.71. The lowest BCUT2D eigenvalue weighted by Gasteiger charge is -2.17. The Morgan fingerprint density at radius 2 is 1.90 bits per heavy atom. The van der Waals surface area contributed by atoms with Gasteiger partial charge in [0.2, 0.25) is 15.9 Å². The molecule has 2 aliphatic carbocycles. The van der Waals surface area contributed by atoms with Crippen molar-refractivity contribution in [2.24, 2.45) is 22.9 Å². The fourth-order valence-corrected chi connectivity index (χ4v) is 3.89. The van der Waals surface area contributed by atoms with Crippen LogP contribution in [-0.2, 0) is 20.6 Å². The number of amides is 1. The topological polar surface area (TPSA) is 89.3 Å². The molecule has 3 unspecified atom stereocenters. The standard InChI is InChI=1S/C15H18N2O3S/c16-21(19,20)9-10-2-5-13(6-3-10)17-15(18)14-8-11-1-4-12(14)7-11/h1-6,11-12,14H,7-9H2,(H,17,18)(H2,16,19,20). The van der Waals surface area contributed by atoms with E-state index in [2.05, 4.69) is 17.5 Å². The number of carbonyl (C=O) groups excluding carboxylic acids is 1. The van der Waals surface area contributed by atoms with Gasteiger partial charge in [-0.05, 0) is 42.4 Å². The molecule has 1 aromatic rings. The Hall–Kier alpha value is -1.66. The third-order valence-corrected chi connectivity index (χ3v) is 4.94. The highest BCUT2D eigenvalue weighted by Gasteiger charge is 2.39. The number of anilines is 1. The Kier molecular flexibility index (Phi) is 3.59. The molecule has 3 N–H and O–H groups in total. The molecule has 1 aromatic carbocycles. The number of hydrogen-bond acceptors (Lipinski definition) is 3. The fraction of sp³-hybridized carbons (Fsp3) is 0.400. The molecule has 3 rings (SSSR count). The maximum Gasteiger partial charge on any atom is 0.228 e. The Balaban J connectivity index is 1.63. The first-order chi connectivity index (χ1) is 9.90. The monoisotopic (exact) mass is 306 g/mol. The van der Waals surface area contributed by atoms with Gasteiger partial charge in [0, 0.05) is 11.6 Å². The van der Waals surface area contributed by atoms with E-state index in [9.17, 15) is 13.2 Å². The van der Waals surface area contributed by atoms with Gasteiger partial charge in [0.1, 0.15) is 0 Å². The van der Waals surface area contributed by atoms with E-state index in [4.69, 9.17) is 5.14 Å². The van der Waals surface area contributed by atoms with Gasteiger partial charge >= 0.3 is 0 Å². The summed E-state index contributed by atoms with van der Waals surface area (Å²) in [5.74, 6) is 0.841. The van der Waals surface area contributed by atoms with Crippen molar-refractivity contribution in [3.05, 3.63) is 42.0 Å². The minimum atomic E-state index is -3.53. The van der Waals surface area contributed by atoms with Crippen LogP contribution in [0.15, 0.2) is 36.4 Å². The number of hydrogen-bond donors (Lipinski definition) is 2. The molecular weight excluding hydrogens is 288 g/mol. The van der Waals surface area contributed by atoms with Gasteiger partial charge in [-0.1, -0.05) is 24.3 Å². The Labute approximate surface area is 124 Å². The summed E-state index contributed by atoms with van der Waals surface area (Å²) in [4.78, 5) is 12.3. The molecule has 6 heteroatoms. The number of carbonyl (C=O) groups is 1. The molecule has 0 aliphatic heterocycles. The summed E-state index contributed by atoms with van der Waals surface area (Å²) >= 11 is 0. The molecule has 3 atom stereocenters. The van der Waals surface area contributed by atoms with Crippen molar-refractivity contribution >= 4 is 21.6 Å². The Morgan fingerprint density at radius 1 is 1.19 bits per heavy atom. The van der Waals surface area contributed by atoms with Crippen molar-refractivity contribution in [2.45, 2.75) is 18.6 Å². The van der Waals surface area contributed by atoms with Crippen LogP contribution in [0.1, 0.15) is 18.4 Å². The second kappa shape index (κ2) is 5.27. The molecule has 2 bridgehead atoms. The van der Waals surface area contributed by atoms with Crippen molar-refractivity contribution in [1.82, 2.24) is 0 Å². The molecule has 0 spiro atoms. The fourth-order valence-electron chi connectivity index (χ4n) is 3.23. The zero-order chi connectivity index (χ0) is 15.0. The van der Waals surface area contributed by atoms with E-state index in [-0.39, 0.29) is 17.6 Å². The number of rotatable bonds is 4. The molecule has 0 aromatic heterocycles. The summed E-state index contributed by atoms with van der Waals surface area (Å²) in [5.41, 5.74) is 1.29. The van der Waals surface area contributed by atoms with Crippen LogP contribution in [0.4, 0.5) is 5.69 Å². The van der Waals surface area contributed by atoms with Crippen LogP contribution in [0, 0.1) is 17.8 Å². The molecule has 2 aliphatic rings. The number of fused-ring (bicyclic) bond motifs is 2. The highest BCUT2D eigenvalue weighted by atomic mass is 32.2. The summed E-state index contributed by atoms with van der Waals surface area (Å²) in [6.45, 7) is 0. The molecule has 0 heterocycles. The zero-order valence-corrected chi connectivity index (χ0v) is 12.3. The minimum absolute atomic E-state index is 0.0473. The van der Waals surface area contributed by atoms with E-state index in [0.29, 0.717) is 23.1 Å². The second-order valence-electron chi connectivity index (χ2n) is 5.88. The molecule has 1 fully saturated rings. The summed E-state index contributed by atoms with van der Waals surface area (Å²) in [6.07, 6.45) is 6.37. The van der Waals surface area contributed by atoms with Gasteiger partial charge in [-0.25, -0.2) is 13.6 Å². The van der Waals surface area contributed by atoms with E-state index >= 15 is 0 Å². The van der Waals surface area contributed by atoms with Crippen molar-refractivity contribution < 1.29 is 13.2 Å². The van der Waals surface area contributed by atoms with Gasteiger partial charge < -0.3 is 5.32 Å². The molecule has 1 saturated carbocycles. The number of allylic oxidation sites excluding steroid dienone is 2. The van der Waals surface area contributed by atoms with E-state index < -0.39 is 10.0 Å². The van der Waals surface area contributed by atoms with Crippen LogP contribution < -0.4 is 10.5 Å². The van der Waals surface area contributed by atoms with Crippen molar-refractivity contribution in [3.8, 4) is 0 Å². The van der Waals surface area contributed by atoms with Gasteiger partial charge in [-0.2, -0.15) is 0 Å². The van der Waals surface area contributed by atoms with Crippen LogP contribution in [0.5, 0.6) is 0 Å². The third kappa shape index (κ3) is 3.33. The SMILES string of the molecule is NS(=O)(=O)Cc1ccc(NC(=O)C2CC3C=CC2C3)cc1.